The first-order chi connectivity index (χ1) is 12.3. The Balaban J connectivity index is 1.64. The van der Waals surface area contributed by atoms with Crippen LogP contribution in [0.2, 0.25) is 0 Å². The van der Waals surface area contributed by atoms with Crippen LogP contribution < -0.4 is 0 Å². The van der Waals surface area contributed by atoms with Crippen molar-refractivity contribution in [3.63, 3.8) is 0 Å². The minimum atomic E-state index is 0.301. The van der Waals surface area contributed by atoms with Gasteiger partial charge in [0.25, 0.3) is 0 Å². The molecule has 0 amide bonds. The third-order valence-corrected chi connectivity index (χ3v) is 5.58. The van der Waals surface area contributed by atoms with Crippen LogP contribution in [0.5, 0.6) is 0 Å². The van der Waals surface area contributed by atoms with Gasteiger partial charge in [-0.25, -0.2) is 4.98 Å². The average molecular weight is 353 g/mol. The summed E-state index contributed by atoms with van der Waals surface area (Å²) in [5.74, 6) is 1.44. The molecule has 3 heterocycles. The summed E-state index contributed by atoms with van der Waals surface area (Å²) in [6, 6.07) is 11.0. The van der Waals surface area contributed by atoms with E-state index in [2.05, 4.69) is 56.8 Å². The van der Waals surface area contributed by atoms with Gasteiger partial charge in [0.15, 0.2) is 0 Å². The van der Waals surface area contributed by atoms with Crippen LogP contribution in [-0.4, -0.2) is 34.7 Å². The lowest BCUT2D eigenvalue weighted by atomic mass is 9.89. The maximum absolute atomic E-state index is 5.26. The van der Waals surface area contributed by atoms with Crippen molar-refractivity contribution in [1.29, 1.82) is 0 Å². The van der Waals surface area contributed by atoms with Crippen LogP contribution in [0.4, 0.5) is 0 Å². The van der Waals surface area contributed by atoms with Crippen LogP contribution in [0.3, 0.4) is 0 Å². The van der Waals surface area contributed by atoms with Gasteiger partial charge in [-0.3, -0.25) is 4.90 Å². The standard InChI is InChI=1S/C20H23N3OS/c1-24-10-9-23-8-7-21-20(23)19-14-22(12-16-6-11-25-15-16)13-17-4-2-3-5-18(17)19/h2-8,11,15,19H,9-10,12-14H2,1H3/t19-/m0/s1. The first-order valence-corrected chi connectivity index (χ1v) is 9.60. The van der Waals surface area contributed by atoms with Crippen molar-refractivity contribution in [3.8, 4) is 0 Å². The van der Waals surface area contributed by atoms with Gasteiger partial charge >= 0.3 is 0 Å². The molecule has 1 atom stereocenters. The van der Waals surface area contributed by atoms with Gasteiger partial charge in [-0.15, -0.1) is 0 Å². The summed E-state index contributed by atoms with van der Waals surface area (Å²) >= 11 is 1.77. The number of hydrogen-bond acceptors (Lipinski definition) is 4. The number of thiophene rings is 1. The molecule has 0 N–H and O–H groups in total. The normalized spacial score (nSPS) is 17.6. The van der Waals surface area contributed by atoms with Gasteiger partial charge < -0.3 is 9.30 Å². The summed E-state index contributed by atoms with van der Waals surface area (Å²) in [7, 11) is 1.75. The fraction of sp³-hybridized carbons (Fsp3) is 0.350. The van der Waals surface area contributed by atoms with Crippen molar-refractivity contribution in [2.45, 2.75) is 25.6 Å². The lowest BCUT2D eigenvalue weighted by molar-refractivity contribution is 0.184. The van der Waals surface area contributed by atoms with E-state index in [1.807, 2.05) is 6.20 Å². The number of benzene rings is 1. The number of fused-ring (bicyclic) bond motifs is 1. The second-order valence-electron chi connectivity index (χ2n) is 6.52. The van der Waals surface area contributed by atoms with Crippen molar-refractivity contribution in [2.24, 2.45) is 0 Å². The summed E-state index contributed by atoms with van der Waals surface area (Å²) in [6.45, 7) is 4.54. The van der Waals surface area contributed by atoms with Crippen molar-refractivity contribution < 1.29 is 4.74 Å². The molecule has 3 aromatic rings. The Bertz CT molecular complexity index is 812. The Labute approximate surface area is 152 Å². The predicted molar refractivity (Wildman–Crippen MR) is 101 cm³/mol. The predicted octanol–water partition coefficient (Wildman–Crippen LogP) is 3.74. The third kappa shape index (κ3) is 3.54. The summed E-state index contributed by atoms with van der Waals surface area (Å²) in [5.41, 5.74) is 4.22. The maximum atomic E-state index is 5.26. The number of rotatable bonds is 6. The molecule has 0 unspecified atom stereocenters. The molecule has 1 aliphatic heterocycles. The molecule has 4 rings (SSSR count). The zero-order chi connectivity index (χ0) is 17.1. The largest absolute Gasteiger partial charge is 0.383 e. The van der Waals surface area contributed by atoms with E-state index in [4.69, 9.17) is 9.72 Å². The van der Waals surface area contributed by atoms with Crippen molar-refractivity contribution in [1.82, 2.24) is 14.5 Å². The highest BCUT2D eigenvalue weighted by Crippen LogP contribution is 2.33. The molecule has 0 radical (unpaired) electrons. The zero-order valence-electron chi connectivity index (χ0n) is 14.5. The van der Waals surface area contributed by atoms with Gasteiger partial charge in [0, 0.05) is 45.7 Å². The number of aromatic nitrogens is 2. The van der Waals surface area contributed by atoms with Gasteiger partial charge in [-0.1, -0.05) is 24.3 Å². The molecule has 0 spiro atoms. The third-order valence-electron chi connectivity index (χ3n) is 4.85. The summed E-state index contributed by atoms with van der Waals surface area (Å²) < 4.78 is 7.50. The summed E-state index contributed by atoms with van der Waals surface area (Å²) in [5, 5.41) is 4.40. The molecule has 0 bridgehead atoms. The highest BCUT2D eigenvalue weighted by atomic mass is 32.1. The first-order valence-electron chi connectivity index (χ1n) is 8.66. The smallest absolute Gasteiger partial charge is 0.117 e. The lowest BCUT2D eigenvalue weighted by Crippen LogP contribution is -2.34. The SMILES string of the molecule is COCCn1ccnc1[C@H]1CN(Cc2ccsc2)Cc2ccccc21. The first kappa shape index (κ1) is 16.5. The topological polar surface area (TPSA) is 30.3 Å². The van der Waals surface area contributed by atoms with Gasteiger partial charge in [-0.05, 0) is 33.5 Å². The quantitative estimate of drug-likeness (QED) is 0.676. The molecule has 0 aliphatic carbocycles. The molecule has 2 aromatic heterocycles. The highest BCUT2D eigenvalue weighted by molar-refractivity contribution is 7.07. The van der Waals surface area contributed by atoms with Crippen LogP contribution in [0.25, 0.3) is 0 Å². The van der Waals surface area contributed by atoms with Crippen molar-refractivity contribution >= 4 is 11.3 Å². The van der Waals surface area contributed by atoms with E-state index in [0.717, 1.165) is 32.0 Å². The Hall–Kier alpha value is -1.95. The fourth-order valence-electron chi connectivity index (χ4n) is 3.67. The van der Waals surface area contributed by atoms with E-state index in [-0.39, 0.29) is 0 Å². The Morgan fingerprint density at radius 2 is 2.20 bits per heavy atom. The van der Waals surface area contributed by atoms with E-state index < -0.39 is 0 Å². The summed E-state index contributed by atoms with van der Waals surface area (Å²) in [6.07, 6.45) is 3.97. The molecule has 5 heteroatoms. The molecule has 130 valence electrons. The van der Waals surface area contributed by atoms with Crippen LogP contribution in [0.15, 0.2) is 53.5 Å². The molecular weight excluding hydrogens is 330 g/mol. The summed E-state index contributed by atoms with van der Waals surface area (Å²) in [4.78, 5) is 7.24. The minimum absolute atomic E-state index is 0.301. The van der Waals surface area contributed by atoms with Crippen molar-refractivity contribution in [3.05, 3.63) is 76.0 Å². The van der Waals surface area contributed by atoms with E-state index >= 15 is 0 Å². The Morgan fingerprint density at radius 1 is 1.28 bits per heavy atom. The minimum Gasteiger partial charge on any atom is -0.383 e. The molecule has 0 saturated heterocycles. The molecule has 0 fully saturated rings. The van der Waals surface area contributed by atoms with Crippen LogP contribution in [-0.2, 0) is 24.4 Å². The number of methoxy groups -OCH3 is 1. The van der Waals surface area contributed by atoms with E-state index in [1.165, 1.54) is 16.7 Å². The van der Waals surface area contributed by atoms with Gasteiger partial charge in [-0.2, -0.15) is 11.3 Å². The number of ether oxygens (including phenoxy) is 1. The van der Waals surface area contributed by atoms with Gasteiger partial charge in [0.2, 0.25) is 0 Å². The van der Waals surface area contributed by atoms with E-state index in [0.29, 0.717) is 12.5 Å². The van der Waals surface area contributed by atoms with Crippen LogP contribution >= 0.6 is 11.3 Å². The highest BCUT2D eigenvalue weighted by Gasteiger charge is 2.29. The van der Waals surface area contributed by atoms with E-state index in [1.54, 1.807) is 18.4 Å². The molecule has 1 aromatic carbocycles. The second-order valence-corrected chi connectivity index (χ2v) is 7.30. The van der Waals surface area contributed by atoms with E-state index in [9.17, 15) is 0 Å². The molecule has 0 saturated carbocycles. The van der Waals surface area contributed by atoms with Crippen molar-refractivity contribution in [2.75, 3.05) is 20.3 Å². The van der Waals surface area contributed by atoms with Crippen LogP contribution in [0.1, 0.15) is 28.4 Å². The molecule has 4 nitrogen and oxygen atoms in total. The molecular formula is C20H23N3OS. The number of imidazole rings is 1. The molecule has 1 aliphatic rings. The Kier molecular flexibility index (Phi) is 4.97. The number of nitrogens with zero attached hydrogens (tertiary/aromatic N) is 3. The monoisotopic (exact) mass is 353 g/mol. The lowest BCUT2D eigenvalue weighted by Gasteiger charge is -2.34. The number of hydrogen-bond donors (Lipinski definition) is 0. The fourth-order valence-corrected chi connectivity index (χ4v) is 4.33. The molecule has 25 heavy (non-hydrogen) atoms. The zero-order valence-corrected chi connectivity index (χ0v) is 15.3. The second kappa shape index (κ2) is 7.52. The Morgan fingerprint density at radius 3 is 3.04 bits per heavy atom. The maximum Gasteiger partial charge on any atom is 0.117 e. The van der Waals surface area contributed by atoms with Crippen LogP contribution in [0, 0.1) is 0 Å². The van der Waals surface area contributed by atoms with Gasteiger partial charge in [0.1, 0.15) is 5.82 Å². The van der Waals surface area contributed by atoms with Gasteiger partial charge in [0.05, 0.1) is 12.5 Å². The average Bonchev–Trinajstić information content (AvgIpc) is 3.31.